The molecule has 1 unspecified atom stereocenters. The molecular formula is C9H24O4Si4. The van der Waals surface area contributed by atoms with Crippen molar-refractivity contribution in [1.82, 2.24) is 0 Å². The number of rotatable bonds is 9. The summed E-state index contributed by atoms with van der Waals surface area (Å²) in [5, 5.41) is 0. The third kappa shape index (κ3) is 8.68. The maximum Gasteiger partial charge on any atom is 0.388 e. The number of carbonyl (C=O) groups is 1. The molecule has 17 heavy (non-hydrogen) atoms. The highest BCUT2D eigenvalue weighted by Crippen LogP contribution is 2.15. The van der Waals surface area contributed by atoms with Gasteiger partial charge < -0.3 is 12.7 Å². The van der Waals surface area contributed by atoms with Gasteiger partial charge in [0, 0.05) is 12.1 Å². The van der Waals surface area contributed by atoms with Gasteiger partial charge in [-0.1, -0.05) is 19.9 Å². The molecule has 0 aliphatic rings. The van der Waals surface area contributed by atoms with Gasteiger partial charge >= 0.3 is 14.5 Å². The van der Waals surface area contributed by atoms with E-state index in [2.05, 4.69) is 26.6 Å². The highest BCUT2D eigenvalue weighted by molar-refractivity contribution is 6.99. The van der Waals surface area contributed by atoms with Crippen LogP contribution in [0, 0.1) is 0 Å². The van der Waals surface area contributed by atoms with Crippen molar-refractivity contribution in [3.8, 4) is 0 Å². The normalized spacial score (nSPS) is 15.8. The first-order valence-electron chi connectivity index (χ1n) is 6.04. The summed E-state index contributed by atoms with van der Waals surface area (Å²) in [5.41, 5.74) is 0. The monoisotopic (exact) mass is 308 g/mol. The predicted octanol–water partition coefficient (Wildman–Crippen LogP) is 0.297. The van der Waals surface area contributed by atoms with Gasteiger partial charge in [0.05, 0.1) is 0 Å². The van der Waals surface area contributed by atoms with Crippen molar-refractivity contribution in [2.24, 2.45) is 0 Å². The largest absolute Gasteiger partial charge is 0.492 e. The fourth-order valence-electron chi connectivity index (χ4n) is 1.40. The van der Waals surface area contributed by atoms with Crippen molar-refractivity contribution in [2.45, 2.75) is 39.0 Å². The van der Waals surface area contributed by atoms with E-state index in [9.17, 15) is 4.79 Å². The molecule has 4 nitrogen and oxygen atoms in total. The van der Waals surface area contributed by atoms with Crippen LogP contribution in [0.4, 0.5) is 0 Å². The highest BCUT2D eigenvalue weighted by atomic mass is 29.2. The van der Waals surface area contributed by atoms with Crippen LogP contribution in [0.2, 0.25) is 25.7 Å². The molecule has 0 aliphatic heterocycles. The van der Waals surface area contributed by atoms with E-state index in [-0.39, 0.29) is 5.97 Å². The van der Waals surface area contributed by atoms with E-state index < -0.39 is 36.2 Å². The van der Waals surface area contributed by atoms with Gasteiger partial charge in [0.15, 0.2) is 27.6 Å². The Balaban J connectivity index is 4.11. The molecular weight excluding hydrogens is 284 g/mol. The van der Waals surface area contributed by atoms with Crippen molar-refractivity contribution in [3.05, 3.63) is 12.7 Å². The molecule has 0 heterocycles. The SMILES string of the molecule is C=CC(=O)O[Si](C)(CCC)O[SiH2][SiH2]O[SiH](C)C. The van der Waals surface area contributed by atoms with E-state index in [4.69, 9.17) is 12.7 Å². The van der Waals surface area contributed by atoms with Crippen LogP contribution in [-0.4, -0.2) is 42.1 Å². The summed E-state index contributed by atoms with van der Waals surface area (Å²) < 4.78 is 17.1. The lowest BCUT2D eigenvalue weighted by Gasteiger charge is -2.26. The van der Waals surface area contributed by atoms with Crippen LogP contribution in [-0.2, 0) is 17.5 Å². The molecule has 100 valence electrons. The molecule has 0 aromatic carbocycles. The first-order valence-corrected chi connectivity index (χ1v) is 16.5. The lowest BCUT2D eigenvalue weighted by molar-refractivity contribution is -0.130. The summed E-state index contributed by atoms with van der Waals surface area (Å²) in [7, 11) is -4.28. The van der Waals surface area contributed by atoms with Crippen LogP contribution >= 0.6 is 0 Å². The van der Waals surface area contributed by atoms with Gasteiger partial charge in [-0.15, -0.1) is 0 Å². The standard InChI is InChI=1S/C9H24O4Si4/c1-6-8-17(5,11-9(10)7-2)13-15-14-12-16(3)4/h7,16H,2,6,8,14-15H2,1,3-5H3. The van der Waals surface area contributed by atoms with E-state index in [1.54, 1.807) is 0 Å². The number of hydrogen-bond donors (Lipinski definition) is 0. The van der Waals surface area contributed by atoms with Crippen LogP contribution in [0.25, 0.3) is 0 Å². The first kappa shape index (κ1) is 17.0. The molecule has 0 aromatic rings. The molecule has 0 aromatic heterocycles. The third-order valence-corrected chi connectivity index (χ3v) is 15.7. The van der Waals surface area contributed by atoms with Crippen molar-refractivity contribution < 1.29 is 17.5 Å². The Morgan fingerprint density at radius 3 is 2.59 bits per heavy atom. The average Bonchev–Trinajstić information content (AvgIpc) is 2.24. The van der Waals surface area contributed by atoms with Crippen molar-refractivity contribution in [2.75, 3.05) is 0 Å². The Hall–Kier alpha value is -0.00247. The molecule has 0 radical (unpaired) electrons. The number of carbonyl (C=O) groups excluding carboxylic acids is 1. The average molecular weight is 309 g/mol. The smallest absolute Gasteiger partial charge is 0.388 e. The summed E-state index contributed by atoms with van der Waals surface area (Å²) in [6.45, 7) is 11.8. The zero-order valence-corrected chi connectivity index (χ0v) is 16.3. The predicted molar refractivity (Wildman–Crippen MR) is 81.1 cm³/mol. The molecule has 0 saturated carbocycles. The zero-order valence-electron chi connectivity index (χ0n) is 11.3. The fraction of sp³-hybridized carbons (Fsp3) is 0.667. The minimum atomic E-state index is -2.29. The molecule has 1 atom stereocenters. The van der Waals surface area contributed by atoms with E-state index in [0.29, 0.717) is 0 Å². The van der Waals surface area contributed by atoms with Gasteiger partial charge in [-0.25, -0.2) is 4.79 Å². The summed E-state index contributed by atoms with van der Waals surface area (Å²) in [6, 6.07) is 0.854. The molecule has 0 fully saturated rings. The molecule has 0 saturated heterocycles. The Labute approximate surface area is 111 Å². The van der Waals surface area contributed by atoms with Gasteiger partial charge in [0.2, 0.25) is 0 Å². The lowest BCUT2D eigenvalue weighted by Crippen LogP contribution is -2.43. The minimum absolute atomic E-state index is 0.359. The fourth-order valence-corrected chi connectivity index (χ4v) is 17.8. The first-order chi connectivity index (χ1) is 7.93. The van der Waals surface area contributed by atoms with Gasteiger partial charge in [-0.3, -0.25) is 0 Å². The Kier molecular flexibility index (Phi) is 9.00. The van der Waals surface area contributed by atoms with Crippen LogP contribution in [0.5, 0.6) is 0 Å². The summed E-state index contributed by atoms with van der Waals surface area (Å²) in [6.07, 6.45) is 2.18. The molecule has 0 N–H and O–H groups in total. The minimum Gasteiger partial charge on any atom is -0.492 e. The highest BCUT2D eigenvalue weighted by Gasteiger charge is 2.33. The molecule has 8 heteroatoms. The summed E-state index contributed by atoms with van der Waals surface area (Å²) >= 11 is 0. The van der Waals surface area contributed by atoms with Gasteiger partial charge in [-0.2, -0.15) is 0 Å². The second-order valence-corrected chi connectivity index (χ2v) is 15.1. The van der Waals surface area contributed by atoms with Crippen LogP contribution in [0.15, 0.2) is 12.7 Å². The summed E-state index contributed by atoms with van der Waals surface area (Å²) in [5.74, 6) is -0.359. The second kappa shape index (κ2) is 9.00. The van der Waals surface area contributed by atoms with Crippen LogP contribution in [0.1, 0.15) is 13.3 Å². The third-order valence-electron chi connectivity index (χ3n) is 2.13. The number of hydrogen-bond acceptors (Lipinski definition) is 4. The Morgan fingerprint density at radius 1 is 1.47 bits per heavy atom. The van der Waals surface area contributed by atoms with E-state index in [1.807, 2.05) is 6.55 Å². The van der Waals surface area contributed by atoms with Gasteiger partial charge in [-0.05, 0) is 19.6 Å². The maximum atomic E-state index is 11.3. The molecule has 0 amide bonds. The van der Waals surface area contributed by atoms with Crippen LogP contribution in [0.3, 0.4) is 0 Å². The molecule has 0 rings (SSSR count). The molecule has 0 bridgehead atoms. The van der Waals surface area contributed by atoms with E-state index in [1.165, 1.54) is 6.08 Å². The van der Waals surface area contributed by atoms with Gasteiger partial charge in [0.1, 0.15) is 0 Å². The van der Waals surface area contributed by atoms with E-state index in [0.717, 1.165) is 12.5 Å². The van der Waals surface area contributed by atoms with Gasteiger partial charge in [0.25, 0.3) is 0 Å². The topological polar surface area (TPSA) is 44.8 Å². The Bertz CT molecular complexity index is 249. The quantitative estimate of drug-likeness (QED) is 0.349. The molecule has 0 spiro atoms. The molecule has 0 aliphatic carbocycles. The van der Waals surface area contributed by atoms with E-state index >= 15 is 0 Å². The zero-order chi connectivity index (χ0) is 13.3. The van der Waals surface area contributed by atoms with Crippen molar-refractivity contribution in [3.63, 3.8) is 0 Å². The summed E-state index contributed by atoms with van der Waals surface area (Å²) in [4.78, 5) is 11.3. The van der Waals surface area contributed by atoms with Crippen molar-refractivity contribution in [1.29, 1.82) is 0 Å². The van der Waals surface area contributed by atoms with Crippen LogP contribution < -0.4 is 0 Å². The van der Waals surface area contributed by atoms with Crippen molar-refractivity contribution >= 4 is 42.1 Å². The Morgan fingerprint density at radius 2 is 2.12 bits per heavy atom. The lowest BCUT2D eigenvalue weighted by atomic mass is 10.6. The second-order valence-electron chi connectivity index (χ2n) is 4.28. The maximum absolute atomic E-state index is 11.3.